The summed E-state index contributed by atoms with van der Waals surface area (Å²) in [6.45, 7) is 3.75. The molecule has 1 aliphatic rings. The number of likely N-dealkylation sites (N-methyl/N-ethyl adjacent to an activating group) is 1. The lowest BCUT2D eigenvalue weighted by molar-refractivity contribution is 0.0962. The smallest absolute Gasteiger partial charge is 0.251 e. The van der Waals surface area contributed by atoms with E-state index >= 15 is 0 Å². The molecule has 3 aromatic rings. The van der Waals surface area contributed by atoms with Gasteiger partial charge in [0.15, 0.2) is 0 Å². The van der Waals surface area contributed by atoms with E-state index in [0.29, 0.717) is 17.9 Å². The van der Waals surface area contributed by atoms with E-state index in [9.17, 15) is 4.79 Å². The summed E-state index contributed by atoms with van der Waals surface area (Å²) in [5, 5.41) is 6.03. The molecule has 0 aliphatic carbocycles. The number of amides is 1. The second kappa shape index (κ2) is 9.21. The van der Waals surface area contributed by atoms with Crippen molar-refractivity contribution in [2.24, 2.45) is 0 Å². The van der Waals surface area contributed by atoms with Crippen molar-refractivity contribution in [3.8, 4) is 17.0 Å². The third kappa shape index (κ3) is 4.34. The first-order valence-corrected chi connectivity index (χ1v) is 10.7. The molecule has 2 N–H and O–H groups in total. The number of hydrogen-bond acceptors (Lipinski definition) is 7. The van der Waals surface area contributed by atoms with Gasteiger partial charge in [0.1, 0.15) is 23.7 Å². The van der Waals surface area contributed by atoms with Crippen molar-refractivity contribution in [1.29, 1.82) is 0 Å². The van der Waals surface area contributed by atoms with Crippen LogP contribution in [0, 0.1) is 0 Å². The summed E-state index contributed by atoms with van der Waals surface area (Å²) in [7, 11) is 5.29. The van der Waals surface area contributed by atoms with E-state index in [4.69, 9.17) is 4.74 Å². The summed E-state index contributed by atoms with van der Waals surface area (Å²) in [6, 6.07) is 9.63. The Morgan fingerprint density at radius 3 is 2.84 bits per heavy atom. The maximum atomic E-state index is 11.9. The molecule has 8 heteroatoms. The van der Waals surface area contributed by atoms with Gasteiger partial charge in [0, 0.05) is 56.5 Å². The number of carbonyl (C=O) groups is 1. The monoisotopic (exact) mass is 432 g/mol. The molecule has 8 nitrogen and oxygen atoms in total. The molecule has 1 aromatic carbocycles. The second-order valence-electron chi connectivity index (χ2n) is 7.98. The third-order valence-electron chi connectivity index (χ3n) is 5.83. The van der Waals surface area contributed by atoms with Gasteiger partial charge >= 0.3 is 0 Å². The Labute approximate surface area is 188 Å². The number of methoxy groups -OCH3 is 1. The standard InChI is InChI=1S/C24H28N6O2/c1-15(19-6-5-17(24(31)25-2)10-21(19)32-4)12-26-22-11-20(28-14-29-22)18-9-16-7-8-30(3)23(16)27-13-18/h5-6,9-11,13-15H,7-8,12H2,1-4H3,(H,25,31)(H,26,28,29)/t15-/m1/s1. The van der Waals surface area contributed by atoms with Crippen molar-refractivity contribution in [3.05, 3.63) is 59.5 Å². The molecule has 32 heavy (non-hydrogen) atoms. The van der Waals surface area contributed by atoms with Crippen LogP contribution in [0.5, 0.6) is 5.75 Å². The maximum absolute atomic E-state index is 11.9. The first kappa shape index (κ1) is 21.5. The Balaban J connectivity index is 1.47. The predicted octanol–water partition coefficient (Wildman–Crippen LogP) is 3.11. The van der Waals surface area contributed by atoms with Crippen molar-refractivity contribution in [3.63, 3.8) is 0 Å². The summed E-state index contributed by atoms with van der Waals surface area (Å²) in [6.07, 6.45) is 4.44. The Kier molecular flexibility index (Phi) is 6.20. The molecule has 0 unspecified atom stereocenters. The molecular weight excluding hydrogens is 404 g/mol. The minimum absolute atomic E-state index is 0.137. The maximum Gasteiger partial charge on any atom is 0.251 e. The zero-order chi connectivity index (χ0) is 22.7. The van der Waals surface area contributed by atoms with Gasteiger partial charge in [0.25, 0.3) is 5.91 Å². The third-order valence-corrected chi connectivity index (χ3v) is 5.83. The second-order valence-corrected chi connectivity index (χ2v) is 7.98. The van der Waals surface area contributed by atoms with Crippen molar-refractivity contribution in [2.45, 2.75) is 19.3 Å². The van der Waals surface area contributed by atoms with Gasteiger partial charge in [0.2, 0.25) is 0 Å². The summed E-state index contributed by atoms with van der Waals surface area (Å²) in [4.78, 5) is 27.5. The highest BCUT2D eigenvalue weighted by Gasteiger charge is 2.18. The Morgan fingerprint density at radius 2 is 2.06 bits per heavy atom. The molecule has 0 saturated carbocycles. The molecule has 0 spiro atoms. The van der Waals surface area contributed by atoms with Crippen LogP contribution in [0.15, 0.2) is 42.9 Å². The number of pyridine rings is 1. The number of aromatic nitrogens is 3. The fourth-order valence-corrected chi connectivity index (χ4v) is 3.95. The number of nitrogens with one attached hydrogen (secondary N) is 2. The van der Waals surface area contributed by atoms with Gasteiger partial charge in [-0.2, -0.15) is 0 Å². The number of benzene rings is 1. The van der Waals surface area contributed by atoms with Crippen LogP contribution in [0.4, 0.5) is 11.6 Å². The number of rotatable bonds is 7. The van der Waals surface area contributed by atoms with E-state index in [2.05, 4.69) is 50.5 Å². The summed E-state index contributed by atoms with van der Waals surface area (Å²) >= 11 is 0. The largest absolute Gasteiger partial charge is 0.496 e. The SMILES string of the molecule is CNC(=O)c1ccc([C@H](C)CNc2cc(-c3cnc4c(c3)CCN4C)ncn2)c(OC)c1. The fraction of sp³-hybridized carbons (Fsp3) is 0.333. The van der Waals surface area contributed by atoms with Gasteiger partial charge in [-0.3, -0.25) is 4.79 Å². The van der Waals surface area contributed by atoms with Crippen molar-refractivity contribution in [1.82, 2.24) is 20.3 Å². The molecule has 3 heterocycles. The lowest BCUT2D eigenvalue weighted by atomic mass is 9.98. The molecule has 0 radical (unpaired) electrons. The molecule has 0 saturated heterocycles. The summed E-state index contributed by atoms with van der Waals surface area (Å²) < 4.78 is 5.53. The number of anilines is 2. The van der Waals surface area contributed by atoms with E-state index in [0.717, 1.165) is 41.4 Å². The zero-order valence-corrected chi connectivity index (χ0v) is 18.8. The van der Waals surface area contributed by atoms with Crippen LogP contribution in [0.3, 0.4) is 0 Å². The van der Waals surface area contributed by atoms with Gasteiger partial charge < -0.3 is 20.3 Å². The van der Waals surface area contributed by atoms with E-state index in [1.54, 1.807) is 26.6 Å². The molecule has 0 fully saturated rings. The Morgan fingerprint density at radius 1 is 1.22 bits per heavy atom. The molecule has 0 bridgehead atoms. The molecule has 1 aliphatic heterocycles. The molecule has 2 aromatic heterocycles. The van der Waals surface area contributed by atoms with Gasteiger partial charge in [-0.25, -0.2) is 15.0 Å². The molecular formula is C24H28N6O2. The van der Waals surface area contributed by atoms with E-state index in [-0.39, 0.29) is 11.8 Å². The van der Waals surface area contributed by atoms with Crippen molar-refractivity contribution >= 4 is 17.5 Å². The topological polar surface area (TPSA) is 92.3 Å². The molecule has 166 valence electrons. The molecule has 1 atom stereocenters. The molecule has 1 amide bonds. The minimum Gasteiger partial charge on any atom is -0.496 e. The predicted molar refractivity (Wildman–Crippen MR) is 126 cm³/mol. The minimum atomic E-state index is -0.137. The molecule has 4 rings (SSSR count). The Bertz CT molecular complexity index is 1130. The zero-order valence-electron chi connectivity index (χ0n) is 18.8. The van der Waals surface area contributed by atoms with Crippen LogP contribution in [0.2, 0.25) is 0 Å². The van der Waals surface area contributed by atoms with E-state index < -0.39 is 0 Å². The van der Waals surface area contributed by atoms with E-state index in [1.807, 2.05) is 24.4 Å². The number of ether oxygens (including phenoxy) is 1. The van der Waals surface area contributed by atoms with Gasteiger partial charge in [-0.15, -0.1) is 0 Å². The van der Waals surface area contributed by atoms with Gasteiger partial charge in [-0.1, -0.05) is 13.0 Å². The van der Waals surface area contributed by atoms with E-state index in [1.165, 1.54) is 5.56 Å². The van der Waals surface area contributed by atoms with Crippen molar-refractivity contribution in [2.75, 3.05) is 44.5 Å². The van der Waals surface area contributed by atoms with Crippen molar-refractivity contribution < 1.29 is 9.53 Å². The summed E-state index contributed by atoms with van der Waals surface area (Å²) in [5.74, 6) is 2.49. The number of carbonyl (C=O) groups excluding carboxylic acids is 1. The Hall–Kier alpha value is -3.68. The van der Waals surface area contributed by atoms with Crippen LogP contribution >= 0.6 is 0 Å². The first-order chi connectivity index (χ1) is 15.5. The highest BCUT2D eigenvalue weighted by atomic mass is 16.5. The number of nitrogens with zero attached hydrogens (tertiary/aromatic N) is 4. The summed E-state index contributed by atoms with van der Waals surface area (Å²) in [5.41, 5.74) is 4.67. The lowest BCUT2D eigenvalue weighted by Gasteiger charge is -2.17. The quantitative estimate of drug-likeness (QED) is 0.593. The average Bonchev–Trinajstić information content (AvgIpc) is 3.21. The highest BCUT2D eigenvalue weighted by Crippen LogP contribution is 2.30. The van der Waals surface area contributed by atoms with Crippen LogP contribution < -0.4 is 20.3 Å². The number of fused-ring (bicyclic) bond motifs is 1. The highest BCUT2D eigenvalue weighted by molar-refractivity contribution is 5.94. The average molecular weight is 433 g/mol. The lowest BCUT2D eigenvalue weighted by Crippen LogP contribution is -2.18. The number of hydrogen-bond donors (Lipinski definition) is 2. The van der Waals surface area contributed by atoms with Gasteiger partial charge in [-0.05, 0) is 35.7 Å². The van der Waals surface area contributed by atoms with Crippen LogP contribution in [-0.4, -0.2) is 55.2 Å². The van der Waals surface area contributed by atoms with Crippen LogP contribution in [-0.2, 0) is 6.42 Å². The van der Waals surface area contributed by atoms with Crippen LogP contribution in [0.1, 0.15) is 34.3 Å². The normalized spacial score (nSPS) is 13.4. The fourth-order valence-electron chi connectivity index (χ4n) is 3.95. The first-order valence-electron chi connectivity index (χ1n) is 10.7. The van der Waals surface area contributed by atoms with Gasteiger partial charge in [0.05, 0.1) is 12.8 Å². The van der Waals surface area contributed by atoms with Crippen LogP contribution in [0.25, 0.3) is 11.3 Å².